The molecule has 1 unspecified atom stereocenters. The van der Waals surface area contributed by atoms with E-state index < -0.39 is 11.5 Å². The largest absolute Gasteiger partial charge is 0.467 e. The number of hydrogen-bond acceptors (Lipinski definition) is 4. The number of thiophene rings is 1. The van der Waals surface area contributed by atoms with Crippen molar-refractivity contribution < 1.29 is 14.3 Å². The number of aryl methyl sites for hydroxylation is 2. The van der Waals surface area contributed by atoms with E-state index in [1.165, 1.54) is 23.3 Å². The lowest BCUT2D eigenvalue weighted by molar-refractivity contribution is -0.147. The molecule has 4 nitrogen and oxygen atoms in total. The molecule has 0 spiro atoms. The third-order valence-corrected chi connectivity index (χ3v) is 4.72. The van der Waals surface area contributed by atoms with Crippen molar-refractivity contribution in [3.05, 3.63) is 21.4 Å². The van der Waals surface area contributed by atoms with Gasteiger partial charge >= 0.3 is 5.97 Å². The van der Waals surface area contributed by atoms with Gasteiger partial charge in [-0.2, -0.15) is 0 Å². The van der Waals surface area contributed by atoms with Gasteiger partial charge in [0, 0.05) is 4.88 Å². The quantitative estimate of drug-likeness (QED) is 0.821. The second-order valence-corrected chi connectivity index (χ2v) is 6.23. The van der Waals surface area contributed by atoms with Crippen molar-refractivity contribution in [3.63, 3.8) is 0 Å². The molecular formula is C15H23NO3S. The zero-order valence-corrected chi connectivity index (χ0v) is 13.6. The standard InChI is InChI=1S/C15H23NO3S/c1-6-8-15(4,14(18)19-5)16-13(17)12-9-10(3)11(7-2)20-12/h9H,6-8H2,1-5H3,(H,16,17). The predicted octanol–water partition coefficient (Wildman–Crippen LogP) is 3.08. The van der Waals surface area contributed by atoms with Crippen LogP contribution in [0.25, 0.3) is 0 Å². The van der Waals surface area contributed by atoms with Gasteiger partial charge in [0.25, 0.3) is 5.91 Å². The van der Waals surface area contributed by atoms with Crippen molar-refractivity contribution in [1.29, 1.82) is 0 Å². The number of amides is 1. The monoisotopic (exact) mass is 297 g/mol. The molecule has 1 atom stereocenters. The van der Waals surface area contributed by atoms with E-state index in [1.807, 2.05) is 19.9 Å². The molecule has 0 aromatic carbocycles. The topological polar surface area (TPSA) is 55.4 Å². The van der Waals surface area contributed by atoms with E-state index >= 15 is 0 Å². The third kappa shape index (κ3) is 3.60. The highest BCUT2D eigenvalue weighted by atomic mass is 32.1. The molecule has 0 aliphatic rings. The van der Waals surface area contributed by atoms with Gasteiger partial charge in [-0.3, -0.25) is 4.79 Å². The van der Waals surface area contributed by atoms with Crippen LogP contribution in [0, 0.1) is 6.92 Å². The lowest BCUT2D eigenvalue weighted by Crippen LogP contribution is -2.52. The Hall–Kier alpha value is -1.36. The number of carbonyl (C=O) groups is 2. The Morgan fingerprint density at radius 3 is 2.50 bits per heavy atom. The minimum Gasteiger partial charge on any atom is -0.467 e. The average molecular weight is 297 g/mol. The molecule has 0 radical (unpaired) electrons. The molecule has 0 bridgehead atoms. The number of esters is 1. The summed E-state index contributed by atoms with van der Waals surface area (Å²) in [5, 5.41) is 2.82. The first-order valence-corrected chi connectivity index (χ1v) is 7.69. The molecule has 1 rings (SSSR count). The van der Waals surface area contributed by atoms with Crippen LogP contribution in [0.5, 0.6) is 0 Å². The molecule has 20 heavy (non-hydrogen) atoms. The van der Waals surface area contributed by atoms with Gasteiger partial charge in [-0.15, -0.1) is 11.3 Å². The zero-order valence-electron chi connectivity index (χ0n) is 12.8. The maximum Gasteiger partial charge on any atom is 0.331 e. The first kappa shape index (κ1) is 16.7. The van der Waals surface area contributed by atoms with Gasteiger partial charge in [-0.1, -0.05) is 20.3 Å². The van der Waals surface area contributed by atoms with Crippen LogP contribution in [0.2, 0.25) is 0 Å². The van der Waals surface area contributed by atoms with Crippen LogP contribution in [0.1, 0.15) is 53.7 Å². The Morgan fingerprint density at radius 1 is 1.40 bits per heavy atom. The Kier molecular flexibility index (Phi) is 5.74. The first-order valence-electron chi connectivity index (χ1n) is 6.88. The van der Waals surface area contributed by atoms with Gasteiger partial charge in [0.15, 0.2) is 0 Å². The van der Waals surface area contributed by atoms with Gasteiger partial charge < -0.3 is 10.1 Å². The molecule has 1 aromatic rings. The summed E-state index contributed by atoms with van der Waals surface area (Å²) in [5.74, 6) is -0.615. The fourth-order valence-electron chi connectivity index (χ4n) is 2.24. The third-order valence-electron chi connectivity index (χ3n) is 3.34. The highest BCUT2D eigenvalue weighted by Gasteiger charge is 2.35. The van der Waals surface area contributed by atoms with Crippen LogP contribution in [0.15, 0.2) is 6.07 Å². The van der Waals surface area contributed by atoms with Crippen LogP contribution in [0.3, 0.4) is 0 Å². The molecule has 0 aliphatic heterocycles. The molecule has 5 heteroatoms. The normalized spacial score (nSPS) is 13.7. The summed E-state index contributed by atoms with van der Waals surface area (Å²) in [7, 11) is 1.34. The number of nitrogens with one attached hydrogen (secondary N) is 1. The van der Waals surface area contributed by atoms with Crippen LogP contribution >= 0.6 is 11.3 Å². The molecule has 0 aliphatic carbocycles. The van der Waals surface area contributed by atoms with Crippen LogP contribution < -0.4 is 5.32 Å². The van der Waals surface area contributed by atoms with Gasteiger partial charge in [0.1, 0.15) is 5.54 Å². The van der Waals surface area contributed by atoms with Crippen molar-refractivity contribution in [2.45, 2.75) is 52.5 Å². The minimum atomic E-state index is -0.967. The summed E-state index contributed by atoms with van der Waals surface area (Å²) in [6.45, 7) is 7.74. The Morgan fingerprint density at radius 2 is 2.05 bits per heavy atom. The lowest BCUT2D eigenvalue weighted by atomic mass is 9.96. The molecule has 0 saturated carbocycles. The number of hydrogen-bond donors (Lipinski definition) is 1. The van der Waals surface area contributed by atoms with Crippen LogP contribution in [0.4, 0.5) is 0 Å². The summed E-state index contributed by atoms with van der Waals surface area (Å²) in [4.78, 5) is 26.1. The molecule has 1 aromatic heterocycles. The number of methoxy groups -OCH3 is 1. The van der Waals surface area contributed by atoms with Gasteiger partial charge in [0.2, 0.25) is 0 Å². The Balaban J connectivity index is 2.93. The highest BCUT2D eigenvalue weighted by molar-refractivity contribution is 7.14. The maximum atomic E-state index is 12.3. The van der Waals surface area contributed by atoms with Gasteiger partial charge in [-0.25, -0.2) is 4.79 Å². The van der Waals surface area contributed by atoms with E-state index in [2.05, 4.69) is 12.2 Å². The summed E-state index contributed by atoms with van der Waals surface area (Å²) < 4.78 is 4.80. The minimum absolute atomic E-state index is 0.209. The predicted molar refractivity (Wildman–Crippen MR) is 81.2 cm³/mol. The molecular weight excluding hydrogens is 274 g/mol. The van der Waals surface area contributed by atoms with Crippen molar-refractivity contribution >= 4 is 23.2 Å². The second kappa shape index (κ2) is 6.88. The number of rotatable bonds is 6. The Labute approximate surface area is 124 Å². The highest BCUT2D eigenvalue weighted by Crippen LogP contribution is 2.23. The summed E-state index contributed by atoms with van der Waals surface area (Å²) >= 11 is 1.48. The Bertz CT molecular complexity index is 495. The summed E-state index contributed by atoms with van der Waals surface area (Å²) in [6, 6.07) is 1.88. The van der Waals surface area contributed by atoms with E-state index in [-0.39, 0.29) is 5.91 Å². The fourth-order valence-corrected chi connectivity index (χ4v) is 3.24. The second-order valence-electron chi connectivity index (χ2n) is 5.10. The van der Waals surface area contributed by atoms with E-state index in [4.69, 9.17) is 4.74 Å². The van der Waals surface area contributed by atoms with Crippen molar-refractivity contribution in [2.75, 3.05) is 7.11 Å². The van der Waals surface area contributed by atoms with Crippen molar-refractivity contribution in [1.82, 2.24) is 5.32 Å². The van der Waals surface area contributed by atoms with Crippen molar-refractivity contribution in [3.8, 4) is 0 Å². The molecule has 1 amide bonds. The molecule has 1 N–H and O–H groups in total. The molecule has 1 heterocycles. The van der Waals surface area contributed by atoms with Crippen LogP contribution in [-0.2, 0) is 16.0 Å². The maximum absolute atomic E-state index is 12.3. The van der Waals surface area contributed by atoms with Gasteiger partial charge in [0.05, 0.1) is 12.0 Å². The van der Waals surface area contributed by atoms with E-state index in [0.29, 0.717) is 11.3 Å². The number of ether oxygens (including phenoxy) is 1. The van der Waals surface area contributed by atoms with Crippen molar-refractivity contribution in [2.24, 2.45) is 0 Å². The smallest absolute Gasteiger partial charge is 0.331 e. The average Bonchev–Trinajstić information content (AvgIpc) is 2.79. The van der Waals surface area contributed by atoms with E-state index in [9.17, 15) is 9.59 Å². The molecule has 112 valence electrons. The van der Waals surface area contributed by atoms with Crippen LogP contribution in [-0.4, -0.2) is 24.5 Å². The summed E-state index contributed by atoms with van der Waals surface area (Å²) in [6.07, 6.45) is 2.25. The van der Waals surface area contributed by atoms with E-state index in [0.717, 1.165) is 18.4 Å². The van der Waals surface area contributed by atoms with E-state index in [1.54, 1.807) is 6.92 Å². The SMILES string of the molecule is CCCC(C)(NC(=O)c1cc(C)c(CC)s1)C(=O)OC. The molecule has 0 fully saturated rings. The summed E-state index contributed by atoms with van der Waals surface area (Å²) in [5.41, 5.74) is 0.156. The molecule has 0 saturated heterocycles. The first-order chi connectivity index (χ1) is 9.37. The zero-order chi connectivity index (χ0) is 15.3. The number of carbonyl (C=O) groups excluding carboxylic acids is 2. The lowest BCUT2D eigenvalue weighted by Gasteiger charge is -2.27. The van der Waals surface area contributed by atoms with Gasteiger partial charge in [-0.05, 0) is 38.3 Å². The fraction of sp³-hybridized carbons (Fsp3) is 0.600.